The van der Waals surface area contributed by atoms with Crippen LogP contribution in [0.4, 0.5) is 13.2 Å². The molecule has 1 aromatic rings. The molecule has 1 aromatic carbocycles. The summed E-state index contributed by atoms with van der Waals surface area (Å²) in [5.41, 5.74) is 6.51. The fraction of sp³-hybridized carbons (Fsp3) is 0.562. The molecule has 1 saturated heterocycles. The summed E-state index contributed by atoms with van der Waals surface area (Å²) < 4.78 is 40.2. The molecule has 0 aromatic heterocycles. The second kappa shape index (κ2) is 7.19. The number of ether oxygens (including phenoxy) is 1. The number of carbonyl (C=O) groups is 1. The first-order chi connectivity index (χ1) is 10.8. The van der Waals surface area contributed by atoms with Crippen LogP contribution in [-0.4, -0.2) is 36.3 Å². The van der Waals surface area contributed by atoms with Crippen molar-refractivity contribution in [2.75, 3.05) is 13.1 Å². The summed E-state index contributed by atoms with van der Waals surface area (Å²) in [7, 11) is 0. The number of carbonyl (C=O) groups excluding carboxylic acids is 1. The van der Waals surface area contributed by atoms with Crippen molar-refractivity contribution in [1.29, 1.82) is 0 Å². The summed E-state index contributed by atoms with van der Waals surface area (Å²) in [6, 6.07) is 5.19. The van der Waals surface area contributed by atoms with Crippen LogP contribution < -0.4 is 10.5 Å². The van der Waals surface area contributed by atoms with Gasteiger partial charge in [0, 0.05) is 24.7 Å². The first-order valence-electron chi connectivity index (χ1n) is 7.74. The van der Waals surface area contributed by atoms with Gasteiger partial charge in [0.25, 0.3) is 5.91 Å². The number of rotatable bonds is 2. The Morgan fingerprint density at radius 3 is 2.42 bits per heavy atom. The molecule has 3 rings (SSSR count). The molecule has 0 bridgehead atoms. The molecule has 0 spiro atoms. The highest BCUT2D eigenvalue weighted by Crippen LogP contribution is 2.36. The fourth-order valence-corrected chi connectivity index (χ4v) is 3.66. The van der Waals surface area contributed by atoms with E-state index in [-0.39, 0.29) is 30.1 Å². The number of hydrogen-bond donors (Lipinski definition) is 1. The van der Waals surface area contributed by atoms with Crippen molar-refractivity contribution in [3.63, 3.8) is 0 Å². The van der Waals surface area contributed by atoms with Gasteiger partial charge in [0.2, 0.25) is 0 Å². The van der Waals surface area contributed by atoms with Gasteiger partial charge in [-0.05, 0) is 48.9 Å². The summed E-state index contributed by atoms with van der Waals surface area (Å²) in [5.74, 6) is 0.285. The van der Waals surface area contributed by atoms with Crippen molar-refractivity contribution >= 4 is 18.3 Å². The minimum Gasteiger partial charge on any atom is -0.406 e. The lowest BCUT2D eigenvalue weighted by Gasteiger charge is -2.29. The summed E-state index contributed by atoms with van der Waals surface area (Å²) in [4.78, 5) is 14.3. The van der Waals surface area contributed by atoms with Crippen LogP contribution in [0.1, 0.15) is 29.6 Å². The monoisotopic (exact) mass is 364 g/mol. The molecule has 4 nitrogen and oxygen atoms in total. The van der Waals surface area contributed by atoms with Crippen molar-refractivity contribution < 1.29 is 22.7 Å². The molecule has 1 aliphatic carbocycles. The molecule has 3 atom stereocenters. The Hall–Kier alpha value is -1.47. The SMILES string of the molecule is Cl.NC1CCCC2CN(C(=O)c3ccc(OC(F)(F)F)cc3)CC12. The van der Waals surface area contributed by atoms with E-state index in [1.165, 1.54) is 12.1 Å². The van der Waals surface area contributed by atoms with Crippen molar-refractivity contribution in [3.05, 3.63) is 29.8 Å². The van der Waals surface area contributed by atoms with E-state index < -0.39 is 6.36 Å². The smallest absolute Gasteiger partial charge is 0.406 e. The number of alkyl halides is 3. The number of nitrogens with zero attached hydrogens (tertiary/aromatic N) is 1. The van der Waals surface area contributed by atoms with Crippen LogP contribution in [0.25, 0.3) is 0 Å². The molecule has 8 heteroatoms. The quantitative estimate of drug-likeness (QED) is 0.876. The average molecular weight is 365 g/mol. The Bertz CT molecular complexity index is 580. The van der Waals surface area contributed by atoms with Gasteiger partial charge in [-0.2, -0.15) is 0 Å². The number of hydrogen-bond acceptors (Lipinski definition) is 3. The maximum atomic E-state index is 12.5. The Morgan fingerprint density at radius 2 is 1.83 bits per heavy atom. The number of halogens is 4. The number of likely N-dealkylation sites (tertiary alicyclic amines) is 1. The van der Waals surface area contributed by atoms with E-state index in [1.807, 2.05) is 0 Å². The standard InChI is InChI=1S/C16H19F3N2O2.ClH/c17-16(18,19)23-12-6-4-10(5-7-12)15(22)21-8-11-2-1-3-14(20)13(11)9-21;/h4-7,11,13-14H,1-3,8-9,20H2;1H. The van der Waals surface area contributed by atoms with Crippen LogP contribution >= 0.6 is 12.4 Å². The molecule has 1 amide bonds. The highest BCUT2D eigenvalue weighted by molar-refractivity contribution is 5.94. The Morgan fingerprint density at radius 1 is 1.17 bits per heavy atom. The second-order valence-corrected chi connectivity index (χ2v) is 6.30. The van der Waals surface area contributed by atoms with Crippen LogP contribution in [0.15, 0.2) is 24.3 Å². The Labute approximate surface area is 144 Å². The molecule has 2 N–H and O–H groups in total. The first kappa shape index (κ1) is 18.9. The Balaban J connectivity index is 0.00000208. The summed E-state index contributed by atoms with van der Waals surface area (Å²) in [6.07, 6.45) is -1.56. The van der Waals surface area contributed by atoms with Gasteiger partial charge >= 0.3 is 6.36 Å². The van der Waals surface area contributed by atoms with Gasteiger partial charge in [0.05, 0.1) is 0 Å². The predicted octanol–water partition coefficient (Wildman–Crippen LogP) is 3.21. The molecule has 1 heterocycles. The van der Waals surface area contributed by atoms with Crippen molar-refractivity contribution in [2.24, 2.45) is 17.6 Å². The molecular formula is C16H20ClF3N2O2. The lowest BCUT2D eigenvalue weighted by atomic mass is 9.78. The van der Waals surface area contributed by atoms with Gasteiger partial charge in [-0.15, -0.1) is 25.6 Å². The number of benzene rings is 1. The van der Waals surface area contributed by atoms with Gasteiger partial charge in [-0.25, -0.2) is 0 Å². The van der Waals surface area contributed by atoms with E-state index >= 15 is 0 Å². The molecule has 3 unspecified atom stereocenters. The highest BCUT2D eigenvalue weighted by atomic mass is 35.5. The molecule has 1 aliphatic heterocycles. The van der Waals surface area contributed by atoms with E-state index in [9.17, 15) is 18.0 Å². The molecule has 2 aliphatic rings. The van der Waals surface area contributed by atoms with E-state index in [2.05, 4.69) is 4.74 Å². The van der Waals surface area contributed by atoms with Crippen molar-refractivity contribution in [2.45, 2.75) is 31.7 Å². The topological polar surface area (TPSA) is 55.6 Å². The molecule has 0 radical (unpaired) electrons. The van der Waals surface area contributed by atoms with Crippen LogP contribution in [0, 0.1) is 11.8 Å². The van der Waals surface area contributed by atoms with Crippen LogP contribution in [0.2, 0.25) is 0 Å². The third-order valence-electron chi connectivity index (χ3n) is 4.78. The molecular weight excluding hydrogens is 345 g/mol. The number of nitrogens with two attached hydrogens (primary N) is 1. The van der Waals surface area contributed by atoms with Gasteiger partial charge in [-0.3, -0.25) is 4.79 Å². The number of fused-ring (bicyclic) bond motifs is 1. The predicted molar refractivity (Wildman–Crippen MR) is 85.1 cm³/mol. The number of amides is 1. The summed E-state index contributed by atoms with van der Waals surface area (Å²) >= 11 is 0. The largest absolute Gasteiger partial charge is 0.573 e. The minimum absolute atomic E-state index is 0. The summed E-state index contributed by atoms with van der Waals surface area (Å²) in [5, 5.41) is 0. The van der Waals surface area contributed by atoms with Gasteiger partial charge < -0.3 is 15.4 Å². The van der Waals surface area contributed by atoms with Gasteiger partial charge in [0.1, 0.15) is 5.75 Å². The zero-order valence-corrected chi connectivity index (χ0v) is 13.8. The Kier molecular flexibility index (Phi) is 5.65. The first-order valence-corrected chi connectivity index (χ1v) is 7.74. The van der Waals surface area contributed by atoms with E-state index in [0.29, 0.717) is 30.5 Å². The third kappa shape index (κ3) is 4.13. The van der Waals surface area contributed by atoms with Gasteiger partial charge in [0.15, 0.2) is 0 Å². The van der Waals surface area contributed by atoms with Crippen LogP contribution in [0.3, 0.4) is 0 Å². The lowest BCUT2D eigenvalue weighted by molar-refractivity contribution is -0.274. The van der Waals surface area contributed by atoms with Crippen LogP contribution in [-0.2, 0) is 0 Å². The average Bonchev–Trinajstić information content (AvgIpc) is 2.91. The van der Waals surface area contributed by atoms with Crippen molar-refractivity contribution in [1.82, 2.24) is 4.90 Å². The minimum atomic E-state index is -4.73. The fourth-order valence-electron chi connectivity index (χ4n) is 3.66. The summed E-state index contributed by atoms with van der Waals surface area (Å²) in [6.45, 7) is 1.31. The normalized spacial score (nSPS) is 26.5. The van der Waals surface area contributed by atoms with E-state index in [0.717, 1.165) is 31.4 Å². The molecule has 134 valence electrons. The zero-order chi connectivity index (χ0) is 16.6. The zero-order valence-electron chi connectivity index (χ0n) is 13.0. The lowest BCUT2D eigenvalue weighted by Crippen LogP contribution is -2.38. The maximum absolute atomic E-state index is 12.5. The molecule has 24 heavy (non-hydrogen) atoms. The molecule has 2 fully saturated rings. The second-order valence-electron chi connectivity index (χ2n) is 6.30. The van der Waals surface area contributed by atoms with Crippen molar-refractivity contribution in [3.8, 4) is 5.75 Å². The third-order valence-corrected chi connectivity index (χ3v) is 4.78. The van der Waals surface area contributed by atoms with Crippen LogP contribution in [0.5, 0.6) is 5.75 Å². The highest BCUT2D eigenvalue weighted by Gasteiger charge is 2.40. The van der Waals surface area contributed by atoms with E-state index in [1.54, 1.807) is 4.90 Å². The van der Waals surface area contributed by atoms with Gasteiger partial charge in [-0.1, -0.05) is 6.42 Å². The van der Waals surface area contributed by atoms with E-state index in [4.69, 9.17) is 5.73 Å². The maximum Gasteiger partial charge on any atom is 0.573 e. The molecule has 1 saturated carbocycles.